The minimum absolute atomic E-state index is 0.0949. The van der Waals surface area contributed by atoms with Crippen molar-refractivity contribution in [1.82, 2.24) is 10.2 Å². The van der Waals surface area contributed by atoms with Crippen molar-refractivity contribution >= 4 is 0 Å². The number of hydrogen-bond donors (Lipinski definition) is 2. The molecule has 0 aliphatic carbocycles. The van der Waals surface area contributed by atoms with Gasteiger partial charge in [-0.2, -0.15) is 0 Å². The van der Waals surface area contributed by atoms with E-state index in [-0.39, 0.29) is 6.17 Å². The molecule has 3 nitrogen and oxygen atoms in total. The molecule has 1 rings (SSSR count). The lowest BCUT2D eigenvalue weighted by atomic mass is 10.1. The van der Waals surface area contributed by atoms with Gasteiger partial charge >= 0.3 is 0 Å². The first-order valence-electron chi connectivity index (χ1n) is 11.4. The van der Waals surface area contributed by atoms with Crippen molar-refractivity contribution in [2.45, 2.75) is 122 Å². The van der Waals surface area contributed by atoms with Crippen LogP contribution in [0.3, 0.4) is 0 Å². The first-order chi connectivity index (χ1) is 12.8. The zero-order valence-corrected chi connectivity index (χ0v) is 17.6. The topological polar surface area (TPSA) is 41.3 Å². The maximum absolute atomic E-state index is 5.98. The van der Waals surface area contributed by atoms with Crippen molar-refractivity contribution < 1.29 is 0 Å². The van der Waals surface area contributed by atoms with Gasteiger partial charge in [0.15, 0.2) is 0 Å². The van der Waals surface area contributed by atoms with E-state index in [0.717, 1.165) is 0 Å². The molecule has 152 valence electrons. The number of hydrogen-bond acceptors (Lipinski definition) is 3. The Bertz CT molecular complexity index is 362. The van der Waals surface area contributed by atoms with Crippen molar-refractivity contribution in [2.75, 3.05) is 0 Å². The summed E-state index contributed by atoms with van der Waals surface area (Å²) in [4.78, 5) is 2.22. The molecule has 1 heterocycles. The second kappa shape index (κ2) is 16.2. The standard InChI is InChI=1S/C23H45N3/c1-3-4-5-6-7-8-9-10-11-12-13-14-15-16-17-18-19-23-25-20-21-26(23)22(2)24/h12-13,20-23,25H,3-11,14-19,24H2,1-2H3/b13-12+. The van der Waals surface area contributed by atoms with Crippen LogP contribution in [0.4, 0.5) is 0 Å². The van der Waals surface area contributed by atoms with Crippen LogP contribution in [0.2, 0.25) is 0 Å². The van der Waals surface area contributed by atoms with Crippen molar-refractivity contribution in [3.63, 3.8) is 0 Å². The van der Waals surface area contributed by atoms with Gasteiger partial charge in [-0.3, -0.25) is 0 Å². The van der Waals surface area contributed by atoms with Crippen LogP contribution in [-0.4, -0.2) is 17.2 Å². The van der Waals surface area contributed by atoms with Gasteiger partial charge in [-0.15, -0.1) is 0 Å². The number of unbranched alkanes of at least 4 members (excludes halogenated alkanes) is 12. The van der Waals surface area contributed by atoms with Gasteiger partial charge in [0.25, 0.3) is 0 Å². The number of nitrogens with one attached hydrogen (secondary N) is 1. The fourth-order valence-corrected chi connectivity index (χ4v) is 3.67. The zero-order valence-electron chi connectivity index (χ0n) is 17.6. The first-order valence-corrected chi connectivity index (χ1v) is 11.4. The molecule has 1 aliphatic heterocycles. The summed E-state index contributed by atoms with van der Waals surface area (Å²) in [6, 6.07) is 0. The molecule has 26 heavy (non-hydrogen) atoms. The number of allylic oxidation sites excluding steroid dienone is 2. The summed E-state index contributed by atoms with van der Waals surface area (Å²) >= 11 is 0. The lowest BCUT2D eigenvalue weighted by Crippen LogP contribution is -2.44. The van der Waals surface area contributed by atoms with Gasteiger partial charge < -0.3 is 16.0 Å². The van der Waals surface area contributed by atoms with Gasteiger partial charge in [0.05, 0.1) is 12.3 Å². The monoisotopic (exact) mass is 363 g/mol. The number of rotatable bonds is 17. The highest BCUT2D eigenvalue weighted by Gasteiger charge is 2.20. The second-order valence-corrected chi connectivity index (χ2v) is 7.91. The molecule has 2 atom stereocenters. The Morgan fingerprint density at radius 3 is 2.00 bits per heavy atom. The van der Waals surface area contributed by atoms with Gasteiger partial charge in [-0.25, -0.2) is 0 Å². The number of nitrogens with two attached hydrogens (primary N) is 1. The van der Waals surface area contributed by atoms with E-state index in [1.807, 2.05) is 13.1 Å². The predicted octanol–water partition coefficient (Wildman–Crippen LogP) is 6.42. The lowest BCUT2D eigenvalue weighted by Gasteiger charge is -2.28. The third-order valence-electron chi connectivity index (χ3n) is 5.35. The van der Waals surface area contributed by atoms with Gasteiger partial charge in [0.1, 0.15) is 0 Å². The van der Waals surface area contributed by atoms with E-state index in [4.69, 9.17) is 5.73 Å². The maximum Gasteiger partial charge on any atom is 0.0995 e. The summed E-state index contributed by atoms with van der Waals surface area (Å²) in [6.45, 7) is 4.33. The predicted molar refractivity (Wildman–Crippen MR) is 116 cm³/mol. The molecule has 0 aromatic carbocycles. The molecule has 2 unspecified atom stereocenters. The Hall–Kier alpha value is -0.960. The SMILES string of the molecule is CCCCCCCCCC/C=C/CCCCCCC1NC=CN1C(C)N. The van der Waals surface area contributed by atoms with Crippen LogP contribution in [0.25, 0.3) is 0 Å². The largest absolute Gasteiger partial charge is 0.370 e. The molecule has 3 N–H and O–H groups in total. The molecule has 3 heteroatoms. The minimum Gasteiger partial charge on any atom is -0.370 e. The van der Waals surface area contributed by atoms with E-state index in [0.29, 0.717) is 6.17 Å². The Morgan fingerprint density at radius 2 is 1.42 bits per heavy atom. The van der Waals surface area contributed by atoms with Crippen LogP contribution < -0.4 is 11.1 Å². The average molecular weight is 364 g/mol. The van der Waals surface area contributed by atoms with Crippen molar-refractivity contribution in [3.05, 3.63) is 24.6 Å². The molecule has 0 bridgehead atoms. The second-order valence-electron chi connectivity index (χ2n) is 7.91. The van der Waals surface area contributed by atoms with Gasteiger partial charge in [0, 0.05) is 12.4 Å². The van der Waals surface area contributed by atoms with E-state index in [9.17, 15) is 0 Å². The molecule has 0 fully saturated rings. The summed E-state index contributed by atoms with van der Waals surface area (Å²) in [5, 5.41) is 3.39. The molecule has 0 radical (unpaired) electrons. The summed E-state index contributed by atoms with van der Waals surface area (Å²) in [7, 11) is 0. The molecule has 0 spiro atoms. The molecule has 1 aliphatic rings. The van der Waals surface area contributed by atoms with E-state index < -0.39 is 0 Å². The average Bonchev–Trinajstić information content (AvgIpc) is 3.10. The van der Waals surface area contributed by atoms with Crippen LogP contribution in [-0.2, 0) is 0 Å². The van der Waals surface area contributed by atoms with Gasteiger partial charge in [-0.05, 0) is 45.4 Å². The molecule has 0 aromatic heterocycles. The summed E-state index contributed by atoms with van der Waals surface area (Å²) in [5.74, 6) is 0. The highest BCUT2D eigenvalue weighted by molar-refractivity contribution is 4.95. The summed E-state index contributed by atoms with van der Waals surface area (Å²) < 4.78 is 0. The quantitative estimate of drug-likeness (QED) is 0.231. The van der Waals surface area contributed by atoms with Crippen molar-refractivity contribution in [1.29, 1.82) is 0 Å². The van der Waals surface area contributed by atoms with Crippen LogP contribution in [0.1, 0.15) is 110 Å². The van der Waals surface area contributed by atoms with Crippen LogP contribution >= 0.6 is 0 Å². The Balaban J connectivity index is 1.81. The molecule has 0 aromatic rings. The van der Waals surface area contributed by atoms with Crippen LogP contribution in [0.15, 0.2) is 24.6 Å². The smallest absolute Gasteiger partial charge is 0.0995 e. The molecule has 0 saturated carbocycles. The Kier molecular flexibility index (Phi) is 14.4. The van der Waals surface area contributed by atoms with Crippen molar-refractivity contribution in [2.24, 2.45) is 5.73 Å². The fourth-order valence-electron chi connectivity index (χ4n) is 3.67. The third kappa shape index (κ3) is 11.6. The van der Waals surface area contributed by atoms with Crippen LogP contribution in [0, 0.1) is 0 Å². The van der Waals surface area contributed by atoms with Crippen LogP contribution in [0.5, 0.6) is 0 Å². The molecular formula is C23H45N3. The molecule has 0 amide bonds. The van der Waals surface area contributed by atoms with Gasteiger partial charge in [0.2, 0.25) is 0 Å². The normalized spacial score (nSPS) is 18.0. The van der Waals surface area contributed by atoms with Gasteiger partial charge in [-0.1, -0.05) is 76.9 Å². The summed E-state index contributed by atoms with van der Waals surface area (Å²) in [5.41, 5.74) is 5.98. The van der Waals surface area contributed by atoms with E-state index >= 15 is 0 Å². The molecule has 0 saturated heterocycles. The Labute approximate surface area is 163 Å². The van der Waals surface area contributed by atoms with E-state index in [1.165, 1.54) is 96.3 Å². The highest BCUT2D eigenvalue weighted by Crippen LogP contribution is 2.15. The lowest BCUT2D eigenvalue weighted by molar-refractivity contribution is 0.208. The third-order valence-corrected chi connectivity index (χ3v) is 5.35. The molecular weight excluding hydrogens is 318 g/mol. The first kappa shape index (κ1) is 23.1. The Morgan fingerprint density at radius 1 is 0.885 bits per heavy atom. The summed E-state index contributed by atoms with van der Waals surface area (Å²) in [6.07, 6.45) is 29.7. The van der Waals surface area contributed by atoms with E-state index in [1.54, 1.807) is 0 Å². The minimum atomic E-state index is 0.0949. The zero-order chi connectivity index (χ0) is 18.9. The highest BCUT2D eigenvalue weighted by atomic mass is 15.3. The van der Waals surface area contributed by atoms with E-state index in [2.05, 4.69) is 35.5 Å². The number of nitrogens with zero attached hydrogens (tertiary/aromatic N) is 1. The maximum atomic E-state index is 5.98. The van der Waals surface area contributed by atoms with Crippen molar-refractivity contribution in [3.8, 4) is 0 Å². The fraction of sp³-hybridized carbons (Fsp3) is 0.826.